The maximum atomic E-state index is 10.7. The summed E-state index contributed by atoms with van der Waals surface area (Å²) in [7, 11) is 3.23. The summed E-state index contributed by atoms with van der Waals surface area (Å²) >= 11 is 0. The van der Waals surface area contributed by atoms with Crippen LogP contribution in [0.1, 0.15) is 11.1 Å². The van der Waals surface area contributed by atoms with Crippen LogP contribution in [0.5, 0.6) is 11.5 Å². The third-order valence-electron chi connectivity index (χ3n) is 2.58. The number of ether oxygens (including phenoxy) is 2. The van der Waals surface area contributed by atoms with Gasteiger partial charge >= 0.3 is 0 Å². The molecule has 4 heteroatoms. The predicted molar refractivity (Wildman–Crippen MR) is 60.2 cm³/mol. The highest BCUT2D eigenvalue weighted by atomic mass is 16.5. The summed E-state index contributed by atoms with van der Waals surface area (Å²) in [5, 5.41) is 0. The summed E-state index contributed by atoms with van der Waals surface area (Å²) in [5.74, 6) is 1.49. The number of hydrogen-bond donors (Lipinski definition) is 0. The van der Waals surface area contributed by atoms with Gasteiger partial charge < -0.3 is 14.4 Å². The van der Waals surface area contributed by atoms with E-state index in [0.717, 1.165) is 29.0 Å². The molecule has 1 aromatic rings. The van der Waals surface area contributed by atoms with Gasteiger partial charge in [-0.1, -0.05) is 0 Å². The number of hydrogen-bond acceptors (Lipinski definition) is 3. The number of nitrogens with zero attached hydrogens (tertiary/aromatic N) is 1. The number of carbonyl (C=O) groups excluding carboxylic acids is 1. The number of fused-ring (bicyclic) bond motifs is 1. The third-order valence-corrected chi connectivity index (χ3v) is 2.58. The van der Waals surface area contributed by atoms with Gasteiger partial charge in [0.05, 0.1) is 20.8 Å². The van der Waals surface area contributed by atoms with E-state index < -0.39 is 0 Å². The molecular weight excluding hydrogens is 206 g/mol. The Bertz CT molecular complexity index is 440. The van der Waals surface area contributed by atoms with E-state index in [1.807, 2.05) is 18.2 Å². The molecule has 1 heterocycles. The Morgan fingerprint density at radius 1 is 1.31 bits per heavy atom. The van der Waals surface area contributed by atoms with Gasteiger partial charge in [0.15, 0.2) is 0 Å². The van der Waals surface area contributed by atoms with Crippen LogP contribution in [0.3, 0.4) is 0 Å². The molecule has 0 N–H and O–H groups in total. The first-order valence-electron chi connectivity index (χ1n) is 4.92. The fraction of sp³-hybridized carbons (Fsp3) is 0.250. The molecular formula is C12H13NO3. The monoisotopic (exact) mass is 219 g/mol. The lowest BCUT2D eigenvalue weighted by Crippen LogP contribution is -2.18. The molecule has 0 unspecified atom stereocenters. The first kappa shape index (κ1) is 10.5. The molecule has 84 valence electrons. The molecule has 1 amide bonds. The van der Waals surface area contributed by atoms with Gasteiger partial charge in [0.2, 0.25) is 6.41 Å². The van der Waals surface area contributed by atoms with Gasteiger partial charge in [-0.25, -0.2) is 0 Å². The van der Waals surface area contributed by atoms with Gasteiger partial charge in [-0.3, -0.25) is 4.79 Å². The molecule has 1 aliphatic rings. The van der Waals surface area contributed by atoms with Crippen molar-refractivity contribution in [1.29, 1.82) is 0 Å². The van der Waals surface area contributed by atoms with Crippen molar-refractivity contribution in [3.05, 3.63) is 29.5 Å². The minimum Gasteiger partial charge on any atom is -0.497 e. The van der Waals surface area contributed by atoms with E-state index in [1.165, 1.54) is 0 Å². The van der Waals surface area contributed by atoms with Gasteiger partial charge in [-0.05, 0) is 17.7 Å². The molecule has 0 bridgehead atoms. The Labute approximate surface area is 94.1 Å². The lowest BCUT2D eigenvalue weighted by atomic mass is 10.0. The minimum atomic E-state index is 0.545. The van der Waals surface area contributed by atoms with Crippen molar-refractivity contribution in [2.24, 2.45) is 0 Å². The Morgan fingerprint density at radius 3 is 2.75 bits per heavy atom. The predicted octanol–water partition coefficient (Wildman–Crippen LogP) is 1.65. The fourth-order valence-electron chi connectivity index (χ4n) is 1.76. The smallest absolute Gasteiger partial charge is 0.213 e. The highest BCUT2D eigenvalue weighted by molar-refractivity contribution is 5.68. The molecule has 0 radical (unpaired) electrons. The van der Waals surface area contributed by atoms with Crippen molar-refractivity contribution in [2.45, 2.75) is 6.54 Å². The second kappa shape index (κ2) is 4.26. The van der Waals surface area contributed by atoms with E-state index in [9.17, 15) is 4.79 Å². The number of benzene rings is 1. The summed E-state index contributed by atoms with van der Waals surface area (Å²) in [6.45, 7) is 0.545. The van der Waals surface area contributed by atoms with Crippen LogP contribution in [0, 0.1) is 0 Å². The largest absolute Gasteiger partial charge is 0.497 e. The van der Waals surface area contributed by atoms with E-state index in [2.05, 4.69) is 0 Å². The quantitative estimate of drug-likeness (QED) is 0.725. The second-order valence-electron chi connectivity index (χ2n) is 3.50. The van der Waals surface area contributed by atoms with Crippen LogP contribution in [0.25, 0.3) is 6.08 Å². The van der Waals surface area contributed by atoms with Gasteiger partial charge in [-0.2, -0.15) is 0 Å². The van der Waals surface area contributed by atoms with E-state index >= 15 is 0 Å². The Morgan fingerprint density at radius 2 is 2.12 bits per heavy atom. The normalized spacial score (nSPS) is 13.2. The fourth-order valence-corrected chi connectivity index (χ4v) is 1.76. The van der Waals surface area contributed by atoms with Gasteiger partial charge in [0.1, 0.15) is 11.5 Å². The van der Waals surface area contributed by atoms with Gasteiger partial charge in [0.25, 0.3) is 0 Å². The lowest BCUT2D eigenvalue weighted by Gasteiger charge is -2.21. The van der Waals surface area contributed by atoms with Crippen LogP contribution in [0.15, 0.2) is 18.3 Å². The van der Waals surface area contributed by atoms with Crippen LogP contribution in [-0.4, -0.2) is 25.5 Å². The van der Waals surface area contributed by atoms with Crippen molar-refractivity contribution in [1.82, 2.24) is 4.90 Å². The molecule has 0 aromatic heterocycles. The van der Waals surface area contributed by atoms with Gasteiger partial charge in [0, 0.05) is 17.8 Å². The molecule has 16 heavy (non-hydrogen) atoms. The van der Waals surface area contributed by atoms with Crippen LogP contribution < -0.4 is 9.47 Å². The average molecular weight is 219 g/mol. The van der Waals surface area contributed by atoms with Crippen molar-refractivity contribution in [3.8, 4) is 11.5 Å². The molecule has 0 atom stereocenters. The van der Waals surface area contributed by atoms with E-state index in [4.69, 9.17) is 9.47 Å². The van der Waals surface area contributed by atoms with E-state index in [-0.39, 0.29) is 0 Å². The molecule has 0 aliphatic carbocycles. The van der Waals surface area contributed by atoms with Crippen LogP contribution in [0.2, 0.25) is 0 Å². The zero-order valence-electron chi connectivity index (χ0n) is 9.27. The maximum Gasteiger partial charge on any atom is 0.213 e. The first-order chi connectivity index (χ1) is 7.78. The molecule has 2 rings (SSSR count). The summed E-state index contributed by atoms with van der Waals surface area (Å²) < 4.78 is 10.5. The summed E-state index contributed by atoms with van der Waals surface area (Å²) in [4.78, 5) is 12.3. The van der Waals surface area contributed by atoms with Crippen LogP contribution in [-0.2, 0) is 11.3 Å². The van der Waals surface area contributed by atoms with Gasteiger partial charge in [-0.15, -0.1) is 0 Å². The SMILES string of the molecule is COc1cc2c(c(OC)c1)C=CN(C=O)C2. The summed E-state index contributed by atoms with van der Waals surface area (Å²) in [6.07, 6.45) is 4.40. The molecule has 0 saturated carbocycles. The summed E-state index contributed by atoms with van der Waals surface area (Å²) in [6, 6.07) is 3.75. The zero-order valence-corrected chi connectivity index (χ0v) is 9.27. The number of rotatable bonds is 3. The molecule has 0 spiro atoms. The first-order valence-corrected chi connectivity index (χ1v) is 4.92. The second-order valence-corrected chi connectivity index (χ2v) is 3.50. The standard InChI is InChI=1S/C12H13NO3/c1-15-10-5-9-7-13(8-14)4-3-11(9)12(6-10)16-2/h3-6,8H,7H2,1-2H3. The topological polar surface area (TPSA) is 38.8 Å². The Hall–Kier alpha value is -1.97. The van der Waals surface area contributed by atoms with Crippen LogP contribution in [0.4, 0.5) is 0 Å². The molecule has 0 saturated heterocycles. The third kappa shape index (κ3) is 1.74. The number of methoxy groups -OCH3 is 2. The number of amides is 1. The Balaban J connectivity index is 2.48. The average Bonchev–Trinajstić information content (AvgIpc) is 2.36. The van der Waals surface area contributed by atoms with Crippen molar-refractivity contribution < 1.29 is 14.3 Å². The van der Waals surface area contributed by atoms with Crippen molar-refractivity contribution in [3.63, 3.8) is 0 Å². The van der Waals surface area contributed by atoms with Crippen molar-refractivity contribution in [2.75, 3.05) is 14.2 Å². The minimum absolute atomic E-state index is 0.545. The highest BCUT2D eigenvalue weighted by Gasteiger charge is 2.15. The Kier molecular flexibility index (Phi) is 2.81. The zero-order chi connectivity index (χ0) is 11.5. The van der Waals surface area contributed by atoms with E-state index in [0.29, 0.717) is 6.54 Å². The highest BCUT2D eigenvalue weighted by Crippen LogP contribution is 2.32. The molecule has 1 aromatic carbocycles. The van der Waals surface area contributed by atoms with Crippen molar-refractivity contribution >= 4 is 12.5 Å². The molecule has 4 nitrogen and oxygen atoms in total. The summed E-state index contributed by atoms with van der Waals surface area (Å²) in [5.41, 5.74) is 2.02. The maximum absolute atomic E-state index is 10.7. The number of carbonyl (C=O) groups is 1. The van der Waals surface area contributed by atoms with Crippen LogP contribution >= 0.6 is 0 Å². The van der Waals surface area contributed by atoms with E-state index in [1.54, 1.807) is 25.3 Å². The molecule has 1 aliphatic heterocycles. The lowest BCUT2D eigenvalue weighted by molar-refractivity contribution is -0.116. The molecule has 0 fully saturated rings.